The maximum atomic E-state index is 7.47. The van der Waals surface area contributed by atoms with Crippen molar-refractivity contribution in [3.05, 3.63) is 12.7 Å². The first-order valence-electron chi connectivity index (χ1n) is 15.9. The van der Waals surface area contributed by atoms with Gasteiger partial charge in [-0.05, 0) is 110 Å². The normalized spacial score (nSPS) is 47.0. The Morgan fingerprint density at radius 3 is 2.00 bits per heavy atom. The summed E-state index contributed by atoms with van der Waals surface area (Å²) in [5, 5.41) is 0.484. The molecular formula is C33H60O3Si2. The average molecular weight is 561 g/mol. The van der Waals surface area contributed by atoms with Crippen molar-refractivity contribution in [1.29, 1.82) is 0 Å². The summed E-state index contributed by atoms with van der Waals surface area (Å²) >= 11 is 0. The van der Waals surface area contributed by atoms with E-state index in [1.807, 2.05) is 0 Å². The SMILES string of the molecule is C=C[C@@]12O[C@@H]1C[C@H]1[C@@H]3CC[C@H]4C[C@@H](O[Si](C)(C)C(C)(C)C)CC[C@]4(C)[C@H]3C[C@@H](O[Si](C)(C)C(C)(C)C)[C@@]12C. The van der Waals surface area contributed by atoms with E-state index in [-0.39, 0.29) is 27.2 Å². The smallest absolute Gasteiger partial charge is 0.192 e. The maximum Gasteiger partial charge on any atom is 0.192 e. The predicted octanol–water partition coefficient (Wildman–Crippen LogP) is 9.35. The number of ether oxygens (including phenoxy) is 1. The molecule has 4 saturated carbocycles. The van der Waals surface area contributed by atoms with Gasteiger partial charge in [0.05, 0.1) is 12.2 Å². The van der Waals surface area contributed by atoms with E-state index in [4.69, 9.17) is 13.6 Å². The van der Waals surface area contributed by atoms with E-state index in [9.17, 15) is 0 Å². The number of hydrogen-bond donors (Lipinski definition) is 0. The molecule has 0 bridgehead atoms. The van der Waals surface area contributed by atoms with Gasteiger partial charge in [-0.1, -0.05) is 61.5 Å². The Labute approximate surface area is 237 Å². The molecule has 5 fully saturated rings. The predicted molar refractivity (Wildman–Crippen MR) is 164 cm³/mol. The Morgan fingerprint density at radius 2 is 1.42 bits per heavy atom. The van der Waals surface area contributed by atoms with Gasteiger partial charge in [0, 0.05) is 11.5 Å². The summed E-state index contributed by atoms with van der Waals surface area (Å²) in [5.74, 6) is 3.02. The number of hydrogen-bond acceptors (Lipinski definition) is 3. The molecule has 1 aliphatic heterocycles. The fraction of sp³-hybridized carbons (Fsp3) is 0.939. The van der Waals surface area contributed by atoms with Gasteiger partial charge >= 0.3 is 0 Å². The molecule has 218 valence electrons. The van der Waals surface area contributed by atoms with Crippen molar-refractivity contribution in [2.24, 2.45) is 34.5 Å². The molecule has 0 aromatic heterocycles. The van der Waals surface area contributed by atoms with E-state index in [0.717, 1.165) is 17.8 Å². The van der Waals surface area contributed by atoms with Crippen LogP contribution >= 0.6 is 0 Å². The molecule has 0 aromatic carbocycles. The minimum Gasteiger partial charge on any atom is -0.414 e. The van der Waals surface area contributed by atoms with Crippen molar-refractivity contribution in [3.8, 4) is 0 Å². The third kappa shape index (κ3) is 4.09. The second-order valence-corrected chi connectivity index (χ2v) is 27.2. The molecule has 38 heavy (non-hydrogen) atoms. The minimum atomic E-state index is -1.94. The van der Waals surface area contributed by atoms with Crippen LogP contribution in [0.25, 0.3) is 0 Å². The van der Waals surface area contributed by atoms with E-state index in [2.05, 4.69) is 94.2 Å². The number of fused-ring (bicyclic) bond motifs is 7. The topological polar surface area (TPSA) is 31.0 Å². The Balaban J connectivity index is 1.43. The van der Waals surface area contributed by atoms with Crippen LogP contribution in [0.3, 0.4) is 0 Å². The van der Waals surface area contributed by atoms with Gasteiger partial charge in [0.25, 0.3) is 0 Å². The highest BCUT2D eigenvalue weighted by molar-refractivity contribution is 6.74. The second-order valence-electron chi connectivity index (χ2n) is 17.7. The molecule has 0 radical (unpaired) electrons. The quantitative estimate of drug-likeness (QED) is 0.191. The van der Waals surface area contributed by atoms with Crippen molar-refractivity contribution in [2.75, 3.05) is 0 Å². The second kappa shape index (κ2) is 8.78. The number of epoxide rings is 1. The van der Waals surface area contributed by atoms with Crippen LogP contribution < -0.4 is 0 Å². The zero-order valence-corrected chi connectivity index (χ0v) is 29.0. The van der Waals surface area contributed by atoms with E-state index in [0.29, 0.717) is 23.5 Å². The molecule has 3 nitrogen and oxygen atoms in total. The summed E-state index contributed by atoms with van der Waals surface area (Å²) in [4.78, 5) is 0. The lowest BCUT2D eigenvalue weighted by atomic mass is 9.44. The Bertz CT molecular complexity index is 947. The van der Waals surface area contributed by atoms with Gasteiger partial charge in [-0.25, -0.2) is 0 Å². The summed E-state index contributed by atoms with van der Waals surface area (Å²) in [6, 6.07) is 0. The molecule has 4 aliphatic carbocycles. The zero-order chi connectivity index (χ0) is 28.3. The molecule has 0 N–H and O–H groups in total. The standard InChI is InChI=1S/C33H60O3Si2/c1-14-33-28(34-33)21-26-24-16-15-22-19-23(35-37(10,11)29(2,3)4)17-18-31(22,8)25(24)20-27(32(26,33)9)36-38(12,13)30(5,6)7/h14,22-28H,1,15-21H2,2-13H3/t22-,23-,24+,25-,26-,27+,28+,31-,32+,33+/m0/s1. The molecule has 0 aromatic rings. The summed E-state index contributed by atoms with van der Waals surface area (Å²) in [6.07, 6.45) is 12.2. The summed E-state index contributed by atoms with van der Waals surface area (Å²) < 4.78 is 21.0. The molecule has 5 rings (SSSR count). The Kier molecular flexibility index (Phi) is 6.83. The van der Waals surface area contributed by atoms with Gasteiger partial charge in [-0.3, -0.25) is 0 Å². The molecule has 1 heterocycles. The summed E-state index contributed by atoms with van der Waals surface area (Å²) in [6.45, 7) is 33.6. The molecule has 0 amide bonds. The van der Waals surface area contributed by atoms with Gasteiger partial charge in [-0.15, -0.1) is 6.58 Å². The first-order chi connectivity index (χ1) is 17.2. The molecular weight excluding hydrogens is 501 g/mol. The van der Waals surface area contributed by atoms with E-state index >= 15 is 0 Å². The van der Waals surface area contributed by atoms with E-state index in [1.165, 1.54) is 44.9 Å². The Hall–Kier alpha value is 0.0538. The zero-order valence-electron chi connectivity index (χ0n) is 27.0. The third-order valence-corrected chi connectivity index (χ3v) is 23.0. The molecule has 5 aliphatic rings. The van der Waals surface area contributed by atoms with Gasteiger partial charge in [-0.2, -0.15) is 0 Å². The minimum absolute atomic E-state index is 0.0436. The third-order valence-electron chi connectivity index (χ3n) is 14.0. The monoisotopic (exact) mass is 560 g/mol. The Morgan fingerprint density at radius 1 is 0.816 bits per heavy atom. The van der Waals surface area contributed by atoms with Crippen LogP contribution in [0.5, 0.6) is 0 Å². The van der Waals surface area contributed by atoms with Crippen molar-refractivity contribution in [2.45, 2.75) is 161 Å². The lowest BCUT2D eigenvalue weighted by Crippen LogP contribution is -2.63. The van der Waals surface area contributed by atoms with E-state index < -0.39 is 16.6 Å². The first-order valence-corrected chi connectivity index (χ1v) is 21.7. The summed E-state index contributed by atoms with van der Waals surface area (Å²) in [5.41, 5.74) is 0.283. The van der Waals surface area contributed by atoms with Crippen LogP contribution in [0.15, 0.2) is 12.7 Å². The molecule has 0 unspecified atom stereocenters. The lowest BCUT2D eigenvalue weighted by molar-refractivity contribution is -0.177. The van der Waals surface area contributed by atoms with Crippen LogP contribution in [0.4, 0.5) is 0 Å². The number of rotatable bonds is 5. The van der Waals surface area contributed by atoms with Crippen molar-refractivity contribution in [3.63, 3.8) is 0 Å². The van der Waals surface area contributed by atoms with Crippen LogP contribution in [-0.4, -0.2) is 40.5 Å². The van der Waals surface area contributed by atoms with Crippen LogP contribution in [-0.2, 0) is 13.6 Å². The highest BCUT2D eigenvalue weighted by Crippen LogP contribution is 2.74. The van der Waals surface area contributed by atoms with Gasteiger partial charge in [0.15, 0.2) is 16.6 Å². The fourth-order valence-electron chi connectivity index (χ4n) is 9.38. The first kappa shape index (κ1) is 29.5. The van der Waals surface area contributed by atoms with Gasteiger partial charge < -0.3 is 13.6 Å². The average Bonchev–Trinajstić information content (AvgIpc) is 3.43. The van der Waals surface area contributed by atoms with Crippen molar-refractivity contribution < 1.29 is 13.6 Å². The highest BCUT2D eigenvalue weighted by Gasteiger charge is 2.79. The van der Waals surface area contributed by atoms with Crippen molar-refractivity contribution in [1.82, 2.24) is 0 Å². The lowest BCUT2D eigenvalue weighted by Gasteiger charge is -2.64. The molecule has 0 spiro atoms. The highest BCUT2D eigenvalue weighted by atomic mass is 28.4. The molecule has 10 atom stereocenters. The van der Waals surface area contributed by atoms with Gasteiger partial charge in [0.2, 0.25) is 0 Å². The molecule has 1 saturated heterocycles. The fourth-order valence-corrected chi connectivity index (χ4v) is 12.2. The summed E-state index contributed by atoms with van der Waals surface area (Å²) in [7, 11) is -3.69. The molecule has 5 heteroatoms. The van der Waals surface area contributed by atoms with E-state index in [1.54, 1.807) is 0 Å². The van der Waals surface area contributed by atoms with Crippen molar-refractivity contribution >= 4 is 16.6 Å². The van der Waals surface area contributed by atoms with Crippen LogP contribution in [0.2, 0.25) is 36.3 Å². The maximum absolute atomic E-state index is 7.47. The van der Waals surface area contributed by atoms with Crippen LogP contribution in [0.1, 0.15) is 100 Å². The van der Waals surface area contributed by atoms with Crippen LogP contribution in [0, 0.1) is 34.5 Å². The van der Waals surface area contributed by atoms with Gasteiger partial charge in [0.1, 0.15) is 5.60 Å². The largest absolute Gasteiger partial charge is 0.414 e.